The zero-order chi connectivity index (χ0) is 23.1. The van der Waals surface area contributed by atoms with Crippen molar-refractivity contribution in [3.63, 3.8) is 0 Å². The summed E-state index contributed by atoms with van der Waals surface area (Å²) >= 11 is 0. The normalized spacial score (nSPS) is 12.8. The number of esters is 1. The van der Waals surface area contributed by atoms with Crippen LogP contribution in [-0.4, -0.2) is 29.4 Å². The van der Waals surface area contributed by atoms with Gasteiger partial charge < -0.3 is 9.15 Å². The average molecular weight is 439 g/mol. The summed E-state index contributed by atoms with van der Waals surface area (Å²) in [6.45, 7) is 1.12. The monoisotopic (exact) mass is 439 g/mol. The minimum absolute atomic E-state index is 0.0263. The molecule has 0 spiro atoms. The fraction of sp³-hybridized carbons (Fsp3) is 0.0769. The Balaban J connectivity index is 1.48. The highest BCUT2D eigenvalue weighted by molar-refractivity contribution is 6.21. The SMILES string of the molecule is Cc1c(-c2ccccc2)oc2c(C(=O)OCN3C(=O)c4ccccc4C3=O)cccc2c1=O. The number of ether oxygens (including phenoxy) is 1. The van der Waals surface area contributed by atoms with Gasteiger partial charge in [0.25, 0.3) is 11.8 Å². The molecule has 0 saturated heterocycles. The van der Waals surface area contributed by atoms with E-state index in [0.717, 1.165) is 4.90 Å². The number of carbonyl (C=O) groups is 3. The number of amides is 2. The van der Waals surface area contributed by atoms with E-state index < -0.39 is 24.5 Å². The van der Waals surface area contributed by atoms with Crippen LogP contribution < -0.4 is 5.43 Å². The summed E-state index contributed by atoms with van der Waals surface area (Å²) in [5.41, 5.74) is 1.49. The minimum Gasteiger partial charge on any atom is -0.455 e. The first kappa shape index (κ1) is 20.4. The first-order chi connectivity index (χ1) is 16.0. The van der Waals surface area contributed by atoms with Crippen LogP contribution in [0.5, 0.6) is 0 Å². The van der Waals surface area contributed by atoms with Crippen LogP contribution in [0.2, 0.25) is 0 Å². The summed E-state index contributed by atoms with van der Waals surface area (Å²) in [5, 5.41) is 0.238. The Kier molecular flexibility index (Phi) is 4.86. The zero-order valence-corrected chi connectivity index (χ0v) is 17.5. The van der Waals surface area contributed by atoms with Gasteiger partial charge in [-0.1, -0.05) is 48.5 Å². The third-order valence-corrected chi connectivity index (χ3v) is 5.60. The Labute approximate surface area is 187 Å². The van der Waals surface area contributed by atoms with Crippen molar-refractivity contribution in [1.82, 2.24) is 4.90 Å². The number of para-hydroxylation sites is 1. The number of benzene rings is 3. The van der Waals surface area contributed by atoms with Gasteiger partial charge in [-0.3, -0.25) is 14.4 Å². The summed E-state index contributed by atoms with van der Waals surface area (Å²) in [7, 11) is 0. The molecule has 3 aromatic carbocycles. The molecule has 5 rings (SSSR count). The summed E-state index contributed by atoms with van der Waals surface area (Å²) in [5.74, 6) is -1.53. The fourth-order valence-electron chi connectivity index (χ4n) is 3.89. The van der Waals surface area contributed by atoms with Crippen molar-refractivity contribution < 1.29 is 23.5 Å². The standard InChI is InChI=1S/C26H17NO6/c1-15-21(28)19-12-7-13-20(23(19)33-22(15)16-8-3-2-4-9-16)26(31)32-14-27-24(29)17-10-5-6-11-18(17)25(27)30/h2-13H,14H2,1H3. The number of imide groups is 1. The van der Waals surface area contributed by atoms with Crippen LogP contribution in [0.1, 0.15) is 36.6 Å². The molecule has 7 nitrogen and oxygen atoms in total. The number of hydrogen-bond acceptors (Lipinski definition) is 6. The Hall–Kier alpha value is -4.52. The second-order valence-corrected chi connectivity index (χ2v) is 7.58. The molecule has 162 valence electrons. The maximum Gasteiger partial charge on any atom is 0.343 e. The van der Waals surface area contributed by atoms with E-state index in [1.807, 2.05) is 18.2 Å². The quantitative estimate of drug-likeness (QED) is 0.350. The molecule has 0 N–H and O–H groups in total. The van der Waals surface area contributed by atoms with Gasteiger partial charge in [0.2, 0.25) is 0 Å². The van der Waals surface area contributed by atoms with Crippen molar-refractivity contribution >= 4 is 28.8 Å². The van der Waals surface area contributed by atoms with Gasteiger partial charge in [0, 0.05) is 11.1 Å². The largest absolute Gasteiger partial charge is 0.455 e. The predicted molar refractivity (Wildman–Crippen MR) is 120 cm³/mol. The van der Waals surface area contributed by atoms with Gasteiger partial charge in [-0.05, 0) is 31.2 Å². The lowest BCUT2D eigenvalue weighted by atomic mass is 10.0. The number of hydrogen-bond donors (Lipinski definition) is 0. The van der Waals surface area contributed by atoms with E-state index in [2.05, 4.69) is 0 Å². The van der Waals surface area contributed by atoms with Crippen LogP contribution in [0.15, 0.2) is 82.0 Å². The highest BCUT2D eigenvalue weighted by Crippen LogP contribution is 2.28. The molecule has 2 heterocycles. The highest BCUT2D eigenvalue weighted by Gasteiger charge is 2.36. The van der Waals surface area contributed by atoms with Crippen LogP contribution in [-0.2, 0) is 4.74 Å². The predicted octanol–water partition coefficient (Wildman–Crippen LogP) is 4.18. The smallest absolute Gasteiger partial charge is 0.343 e. The molecule has 0 bridgehead atoms. The van der Waals surface area contributed by atoms with Crippen LogP contribution in [0, 0.1) is 6.92 Å². The van der Waals surface area contributed by atoms with Gasteiger partial charge in [-0.25, -0.2) is 9.69 Å². The van der Waals surface area contributed by atoms with Crippen molar-refractivity contribution in [2.24, 2.45) is 0 Å². The highest BCUT2D eigenvalue weighted by atomic mass is 16.5. The molecule has 7 heteroatoms. The number of carbonyl (C=O) groups excluding carboxylic acids is 3. The molecule has 0 unspecified atom stereocenters. The maximum absolute atomic E-state index is 13.0. The van der Waals surface area contributed by atoms with Gasteiger partial charge in [0.15, 0.2) is 17.7 Å². The Bertz CT molecular complexity index is 1470. The summed E-state index contributed by atoms with van der Waals surface area (Å²) in [4.78, 5) is 51.8. The van der Waals surface area contributed by atoms with E-state index in [1.54, 1.807) is 55.5 Å². The molecule has 2 amide bonds. The molecule has 1 aliphatic heterocycles. The van der Waals surface area contributed by atoms with E-state index in [0.29, 0.717) is 16.9 Å². The molecule has 0 saturated carbocycles. The van der Waals surface area contributed by atoms with E-state index >= 15 is 0 Å². The molecule has 0 aliphatic carbocycles. The van der Waals surface area contributed by atoms with Gasteiger partial charge in [0.05, 0.1) is 16.5 Å². The summed E-state index contributed by atoms with van der Waals surface area (Å²) in [6.07, 6.45) is 0. The van der Waals surface area contributed by atoms with E-state index in [1.165, 1.54) is 6.07 Å². The van der Waals surface area contributed by atoms with Gasteiger partial charge in [0.1, 0.15) is 11.3 Å². The number of nitrogens with zero attached hydrogens (tertiary/aromatic N) is 1. The van der Waals surface area contributed by atoms with Crippen molar-refractivity contribution in [3.05, 3.63) is 105 Å². The first-order valence-electron chi connectivity index (χ1n) is 10.2. The third-order valence-electron chi connectivity index (χ3n) is 5.60. The fourth-order valence-corrected chi connectivity index (χ4v) is 3.89. The Morgan fingerprint density at radius 2 is 1.48 bits per heavy atom. The topological polar surface area (TPSA) is 93.9 Å². The minimum atomic E-state index is -0.817. The van der Waals surface area contributed by atoms with Crippen molar-refractivity contribution in [2.75, 3.05) is 6.73 Å². The molecule has 0 radical (unpaired) electrons. The average Bonchev–Trinajstić information content (AvgIpc) is 3.09. The van der Waals surface area contributed by atoms with Gasteiger partial charge >= 0.3 is 5.97 Å². The molecular weight excluding hydrogens is 422 g/mol. The lowest BCUT2D eigenvalue weighted by molar-refractivity contribution is 0.0229. The molecule has 4 aromatic rings. The zero-order valence-electron chi connectivity index (χ0n) is 17.5. The lowest BCUT2D eigenvalue weighted by Gasteiger charge is -2.15. The van der Waals surface area contributed by atoms with Crippen LogP contribution in [0.25, 0.3) is 22.3 Å². The first-order valence-corrected chi connectivity index (χ1v) is 10.2. The van der Waals surface area contributed by atoms with Crippen molar-refractivity contribution in [1.29, 1.82) is 0 Å². The van der Waals surface area contributed by atoms with Crippen molar-refractivity contribution in [2.45, 2.75) is 6.92 Å². The van der Waals surface area contributed by atoms with Gasteiger partial charge in [-0.15, -0.1) is 0 Å². The second-order valence-electron chi connectivity index (χ2n) is 7.58. The lowest BCUT2D eigenvalue weighted by Crippen LogP contribution is -2.33. The van der Waals surface area contributed by atoms with Crippen LogP contribution in [0.3, 0.4) is 0 Å². The number of rotatable bonds is 4. The maximum atomic E-state index is 13.0. The number of fused-ring (bicyclic) bond motifs is 2. The molecular formula is C26H17NO6. The molecule has 0 atom stereocenters. The van der Waals surface area contributed by atoms with E-state index in [-0.39, 0.29) is 33.1 Å². The Morgan fingerprint density at radius 1 is 0.848 bits per heavy atom. The Morgan fingerprint density at radius 3 is 2.15 bits per heavy atom. The van der Waals surface area contributed by atoms with Crippen LogP contribution in [0.4, 0.5) is 0 Å². The van der Waals surface area contributed by atoms with Crippen molar-refractivity contribution in [3.8, 4) is 11.3 Å². The third kappa shape index (κ3) is 3.30. The molecule has 33 heavy (non-hydrogen) atoms. The molecule has 0 fully saturated rings. The van der Waals surface area contributed by atoms with E-state index in [4.69, 9.17) is 9.15 Å². The van der Waals surface area contributed by atoms with Gasteiger partial charge in [-0.2, -0.15) is 0 Å². The molecule has 1 aliphatic rings. The molecule has 1 aromatic heterocycles. The summed E-state index contributed by atoms with van der Waals surface area (Å²) < 4.78 is 11.3. The summed E-state index contributed by atoms with van der Waals surface area (Å²) in [6, 6.07) is 20.1. The van der Waals surface area contributed by atoms with E-state index in [9.17, 15) is 19.2 Å². The van der Waals surface area contributed by atoms with Crippen LogP contribution >= 0.6 is 0 Å². The second kappa shape index (κ2) is 7.87.